The van der Waals surface area contributed by atoms with E-state index in [1.54, 1.807) is 17.1 Å². The minimum atomic E-state index is -0.483. The molecule has 0 radical (unpaired) electrons. The lowest BCUT2D eigenvalue weighted by Crippen LogP contribution is -2.38. The fourth-order valence-corrected chi connectivity index (χ4v) is 2.39. The van der Waals surface area contributed by atoms with Gasteiger partial charge in [-0.1, -0.05) is 30.7 Å². The zero-order valence-corrected chi connectivity index (χ0v) is 12.1. The van der Waals surface area contributed by atoms with Crippen molar-refractivity contribution in [1.82, 2.24) is 24.5 Å². The molecule has 0 aliphatic rings. The molecule has 2 aromatic heterocycles. The zero-order valence-electron chi connectivity index (χ0n) is 11.3. The van der Waals surface area contributed by atoms with Crippen molar-refractivity contribution in [3.05, 3.63) is 43.9 Å². The molecule has 2 heterocycles. The van der Waals surface area contributed by atoms with E-state index in [2.05, 4.69) is 15.3 Å². The lowest BCUT2D eigenvalue weighted by Gasteiger charge is -2.11. The van der Waals surface area contributed by atoms with Gasteiger partial charge in [0, 0.05) is 19.3 Å². The Morgan fingerprint density at radius 2 is 2.10 bits per heavy atom. The van der Waals surface area contributed by atoms with Crippen LogP contribution in [0.2, 0.25) is 5.15 Å². The van der Waals surface area contributed by atoms with Gasteiger partial charge in [0.05, 0.1) is 11.8 Å². The molecule has 0 saturated heterocycles. The van der Waals surface area contributed by atoms with Crippen molar-refractivity contribution in [2.45, 2.75) is 39.3 Å². The molecule has 8 heteroatoms. The second-order valence-electron chi connectivity index (χ2n) is 4.79. The van der Waals surface area contributed by atoms with E-state index in [1.165, 1.54) is 4.57 Å². The van der Waals surface area contributed by atoms with Crippen LogP contribution in [0.4, 0.5) is 0 Å². The number of nitrogens with zero attached hydrogens (tertiary/aromatic N) is 4. The summed E-state index contributed by atoms with van der Waals surface area (Å²) in [5.74, 6) is -0.0478. The van der Waals surface area contributed by atoms with Crippen molar-refractivity contribution in [3.8, 4) is 0 Å². The number of aromatic amines is 1. The van der Waals surface area contributed by atoms with E-state index >= 15 is 0 Å². The first-order valence-corrected chi connectivity index (χ1v) is 6.75. The molecule has 0 aliphatic carbocycles. The van der Waals surface area contributed by atoms with Crippen LogP contribution in [-0.2, 0) is 13.1 Å². The van der Waals surface area contributed by atoms with Crippen LogP contribution in [0.3, 0.4) is 0 Å². The molecule has 108 valence electrons. The van der Waals surface area contributed by atoms with Crippen molar-refractivity contribution >= 4 is 11.6 Å². The van der Waals surface area contributed by atoms with E-state index in [0.717, 1.165) is 0 Å². The quantitative estimate of drug-likeness (QED) is 0.834. The molecule has 1 N–H and O–H groups in total. The maximum Gasteiger partial charge on any atom is 0.329 e. The number of nitrogens with one attached hydrogen (secondary N) is 1. The van der Waals surface area contributed by atoms with E-state index in [0.29, 0.717) is 25.1 Å². The Morgan fingerprint density at radius 3 is 2.70 bits per heavy atom. The van der Waals surface area contributed by atoms with E-state index in [-0.39, 0.29) is 16.6 Å². The summed E-state index contributed by atoms with van der Waals surface area (Å²) in [5, 5.41) is 7.64. The van der Waals surface area contributed by atoms with Crippen LogP contribution in [-0.4, -0.2) is 24.5 Å². The van der Waals surface area contributed by atoms with Gasteiger partial charge in [-0.15, -0.1) is 5.10 Å². The van der Waals surface area contributed by atoms with Crippen LogP contribution in [0.1, 0.15) is 31.7 Å². The monoisotopic (exact) mass is 297 g/mol. The van der Waals surface area contributed by atoms with E-state index < -0.39 is 5.69 Å². The molecule has 0 fully saturated rings. The largest absolute Gasteiger partial charge is 0.329 e. The highest BCUT2D eigenvalue weighted by atomic mass is 35.5. The first-order valence-electron chi connectivity index (χ1n) is 6.37. The molecule has 2 aromatic rings. The molecule has 0 aliphatic heterocycles. The molecule has 2 rings (SSSR count). The summed E-state index contributed by atoms with van der Waals surface area (Å²) in [4.78, 5) is 26.6. The number of halogens is 1. The zero-order chi connectivity index (χ0) is 14.7. The molecular weight excluding hydrogens is 282 g/mol. The van der Waals surface area contributed by atoms with Crippen LogP contribution in [0.5, 0.6) is 0 Å². The fraction of sp³-hybridized carbons (Fsp3) is 0.500. The summed E-state index contributed by atoms with van der Waals surface area (Å²) in [6, 6.07) is 0. The minimum Gasteiger partial charge on any atom is -0.297 e. The second kappa shape index (κ2) is 6.04. The van der Waals surface area contributed by atoms with Crippen molar-refractivity contribution in [3.63, 3.8) is 0 Å². The van der Waals surface area contributed by atoms with Gasteiger partial charge in [-0.05, 0) is 12.3 Å². The van der Waals surface area contributed by atoms with Gasteiger partial charge in [-0.2, -0.15) is 0 Å². The molecule has 0 unspecified atom stereocenters. The second-order valence-corrected chi connectivity index (χ2v) is 5.17. The maximum absolute atomic E-state index is 12.3. The van der Waals surface area contributed by atoms with Gasteiger partial charge in [0.15, 0.2) is 0 Å². The topological polar surface area (TPSA) is 85.6 Å². The van der Waals surface area contributed by atoms with Crippen LogP contribution in [0.15, 0.2) is 22.0 Å². The van der Waals surface area contributed by atoms with Crippen molar-refractivity contribution in [2.24, 2.45) is 0 Å². The summed E-state index contributed by atoms with van der Waals surface area (Å²) < 4.78 is 2.83. The summed E-state index contributed by atoms with van der Waals surface area (Å²) in [6.45, 7) is 4.62. The molecule has 20 heavy (non-hydrogen) atoms. The summed E-state index contributed by atoms with van der Waals surface area (Å²) in [5.41, 5.74) is -0.373. The van der Waals surface area contributed by atoms with Crippen molar-refractivity contribution < 1.29 is 0 Å². The van der Waals surface area contributed by atoms with Gasteiger partial charge in [-0.3, -0.25) is 19.0 Å². The van der Waals surface area contributed by atoms with Crippen LogP contribution in [0.25, 0.3) is 0 Å². The highest BCUT2D eigenvalue weighted by molar-refractivity contribution is 6.30. The van der Waals surface area contributed by atoms with Gasteiger partial charge < -0.3 is 0 Å². The summed E-state index contributed by atoms with van der Waals surface area (Å²) >= 11 is 5.93. The predicted octanol–water partition coefficient (Wildman–Crippen LogP) is 0.995. The standard InChI is InChI=1S/C12H16ClN5O2/c1-8(2)9-10(13)15-12(20)18(11(9)19)6-3-5-17-7-4-14-16-17/h4,7-8H,3,5-6H2,1-2H3,(H,15,20). The third-order valence-electron chi connectivity index (χ3n) is 2.99. The number of rotatable bonds is 5. The summed E-state index contributed by atoms with van der Waals surface area (Å²) in [7, 11) is 0. The first kappa shape index (κ1) is 14.5. The predicted molar refractivity (Wildman–Crippen MR) is 75.1 cm³/mol. The van der Waals surface area contributed by atoms with Crippen LogP contribution in [0, 0.1) is 0 Å². The van der Waals surface area contributed by atoms with E-state index in [4.69, 9.17) is 11.6 Å². The number of aromatic nitrogens is 5. The van der Waals surface area contributed by atoms with Gasteiger partial charge in [0.2, 0.25) is 0 Å². The molecular formula is C12H16ClN5O2. The number of aryl methyl sites for hydroxylation is 1. The van der Waals surface area contributed by atoms with E-state index in [1.807, 2.05) is 13.8 Å². The Morgan fingerprint density at radius 1 is 1.35 bits per heavy atom. The Balaban J connectivity index is 2.21. The number of H-pyrrole nitrogens is 1. The summed E-state index contributed by atoms with van der Waals surface area (Å²) in [6.07, 6.45) is 3.91. The van der Waals surface area contributed by atoms with E-state index in [9.17, 15) is 9.59 Å². The minimum absolute atomic E-state index is 0.0478. The Labute approximate surface area is 120 Å². The molecule has 0 aromatic carbocycles. The average Bonchev–Trinajstić information content (AvgIpc) is 2.85. The third kappa shape index (κ3) is 2.98. The van der Waals surface area contributed by atoms with Crippen molar-refractivity contribution in [2.75, 3.05) is 0 Å². The molecule has 0 saturated carbocycles. The van der Waals surface area contributed by atoms with Crippen LogP contribution >= 0.6 is 11.6 Å². The Kier molecular flexibility index (Phi) is 4.39. The molecule has 0 atom stereocenters. The molecule has 0 spiro atoms. The highest BCUT2D eigenvalue weighted by Crippen LogP contribution is 2.16. The number of hydrogen-bond donors (Lipinski definition) is 1. The number of hydrogen-bond acceptors (Lipinski definition) is 4. The SMILES string of the molecule is CC(C)c1c(Cl)[nH]c(=O)n(CCCn2ccnn2)c1=O. The Bertz CT molecular complexity index is 687. The molecule has 0 amide bonds. The lowest BCUT2D eigenvalue weighted by molar-refractivity contribution is 0.494. The third-order valence-corrected chi connectivity index (χ3v) is 3.29. The average molecular weight is 298 g/mol. The van der Waals surface area contributed by atoms with Gasteiger partial charge in [0.25, 0.3) is 5.56 Å². The maximum atomic E-state index is 12.3. The first-order chi connectivity index (χ1) is 9.50. The Hall–Kier alpha value is -1.89. The normalized spacial score (nSPS) is 11.2. The van der Waals surface area contributed by atoms with Crippen LogP contribution < -0.4 is 11.2 Å². The van der Waals surface area contributed by atoms with Crippen molar-refractivity contribution in [1.29, 1.82) is 0 Å². The molecule has 0 bridgehead atoms. The molecule has 7 nitrogen and oxygen atoms in total. The highest BCUT2D eigenvalue weighted by Gasteiger charge is 2.15. The van der Waals surface area contributed by atoms with Gasteiger partial charge >= 0.3 is 5.69 Å². The van der Waals surface area contributed by atoms with Gasteiger partial charge in [0.1, 0.15) is 5.15 Å². The smallest absolute Gasteiger partial charge is 0.297 e. The van der Waals surface area contributed by atoms with Gasteiger partial charge in [-0.25, -0.2) is 4.79 Å². The fourth-order valence-electron chi connectivity index (χ4n) is 2.01. The lowest BCUT2D eigenvalue weighted by atomic mass is 10.1.